The van der Waals surface area contributed by atoms with Crippen molar-refractivity contribution in [2.75, 3.05) is 6.61 Å². The second-order valence-electron chi connectivity index (χ2n) is 3.82. The average Bonchev–Trinajstić information content (AvgIpc) is 2.35. The highest BCUT2D eigenvalue weighted by atomic mass is 19.3. The van der Waals surface area contributed by atoms with E-state index < -0.39 is 11.9 Å². The molecule has 0 atom stereocenters. The number of benzene rings is 1. The molecule has 0 aromatic heterocycles. The minimum Gasteiger partial charge on any atom is -0.462 e. The van der Waals surface area contributed by atoms with Crippen molar-refractivity contribution in [1.82, 2.24) is 0 Å². The van der Waals surface area contributed by atoms with Gasteiger partial charge >= 0.3 is 5.97 Å². The summed E-state index contributed by atoms with van der Waals surface area (Å²) in [7, 11) is 0. The van der Waals surface area contributed by atoms with Crippen molar-refractivity contribution >= 4 is 5.97 Å². The third-order valence-corrected chi connectivity index (χ3v) is 2.45. The van der Waals surface area contributed by atoms with Crippen molar-refractivity contribution < 1.29 is 18.3 Å². The van der Waals surface area contributed by atoms with E-state index in [2.05, 4.69) is 0 Å². The Bertz CT molecular complexity index is 350. The summed E-state index contributed by atoms with van der Waals surface area (Å²) in [5.74, 6) is -3.12. The van der Waals surface area contributed by atoms with Gasteiger partial charge < -0.3 is 4.74 Å². The Labute approximate surface area is 99.6 Å². The SMILES string of the molecule is CCC(F)(F)CCCOC(=O)c1ccccc1. The lowest BCUT2D eigenvalue weighted by Crippen LogP contribution is -2.16. The lowest BCUT2D eigenvalue weighted by molar-refractivity contribution is -0.0189. The normalized spacial score (nSPS) is 11.2. The lowest BCUT2D eigenvalue weighted by Gasteiger charge is -2.13. The van der Waals surface area contributed by atoms with E-state index in [1.54, 1.807) is 30.3 Å². The molecule has 94 valence electrons. The van der Waals surface area contributed by atoms with Crippen LogP contribution in [0.3, 0.4) is 0 Å². The van der Waals surface area contributed by atoms with E-state index in [-0.39, 0.29) is 25.9 Å². The van der Waals surface area contributed by atoms with Crippen LogP contribution < -0.4 is 0 Å². The maximum Gasteiger partial charge on any atom is 0.338 e. The van der Waals surface area contributed by atoms with Crippen LogP contribution in [0.4, 0.5) is 8.78 Å². The number of hydrogen-bond acceptors (Lipinski definition) is 2. The zero-order valence-corrected chi connectivity index (χ0v) is 9.79. The molecule has 0 radical (unpaired) electrons. The Balaban J connectivity index is 2.26. The first kappa shape index (κ1) is 13.6. The smallest absolute Gasteiger partial charge is 0.338 e. The van der Waals surface area contributed by atoms with E-state index in [4.69, 9.17) is 4.74 Å². The van der Waals surface area contributed by atoms with Crippen molar-refractivity contribution in [3.8, 4) is 0 Å². The van der Waals surface area contributed by atoms with Crippen LogP contribution in [0, 0.1) is 0 Å². The molecule has 1 aromatic carbocycles. The highest BCUT2D eigenvalue weighted by Gasteiger charge is 2.25. The molecule has 0 aliphatic carbocycles. The molecular formula is C13H16F2O2. The van der Waals surface area contributed by atoms with Crippen LogP contribution in [-0.2, 0) is 4.74 Å². The molecule has 0 fully saturated rings. The summed E-state index contributed by atoms with van der Waals surface area (Å²) in [4.78, 5) is 11.4. The van der Waals surface area contributed by atoms with Gasteiger partial charge in [-0.15, -0.1) is 0 Å². The molecule has 2 nitrogen and oxygen atoms in total. The number of ether oxygens (including phenoxy) is 1. The molecular weight excluding hydrogens is 226 g/mol. The van der Waals surface area contributed by atoms with E-state index in [1.165, 1.54) is 6.92 Å². The first-order valence-electron chi connectivity index (χ1n) is 5.65. The number of alkyl halides is 2. The highest BCUT2D eigenvalue weighted by Crippen LogP contribution is 2.23. The Morgan fingerprint density at radius 3 is 2.53 bits per heavy atom. The van der Waals surface area contributed by atoms with Gasteiger partial charge in [0.15, 0.2) is 0 Å². The molecule has 1 aromatic rings. The van der Waals surface area contributed by atoms with Gasteiger partial charge in [0.25, 0.3) is 0 Å². The summed E-state index contributed by atoms with van der Waals surface area (Å²) >= 11 is 0. The Morgan fingerprint density at radius 2 is 1.94 bits per heavy atom. The summed E-state index contributed by atoms with van der Waals surface area (Å²) in [6.07, 6.45) is -0.245. The van der Waals surface area contributed by atoms with E-state index in [0.717, 1.165) is 0 Å². The van der Waals surface area contributed by atoms with Gasteiger partial charge in [-0.25, -0.2) is 13.6 Å². The second kappa shape index (κ2) is 6.33. The molecule has 0 saturated carbocycles. The molecule has 0 heterocycles. The molecule has 0 amide bonds. The van der Waals surface area contributed by atoms with E-state index >= 15 is 0 Å². The second-order valence-corrected chi connectivity index (χ2v) is 3.82. The molecule has 0 saturated heterocycles. The van der Waals surface area contributed by atoms with Crippen molar-refractivity contribution in [2.24, 2.45) is 0 Å². The quantitative estimate of drug-likeness (QED) is 0.562. The van der Waals surface area contributed by atoms with Crippen molar-refractivity contribution in [1.29, 1.82) is 0 Å². The zero-order valence-electron chi connectivity index (χ0n) is 9.79. The van der Waals surface area contributed by atoms with E-state index in [1.807, 2.05) is 0 Å². The van der Waals surface area contributed by atoms with Gasteiger partial charge in [0.1, 0.15) is 0 Å². The van der Waals surface area contributed by atoms with Crippen molar-refractivity contribution in [2.45, 2.75) is 32.1 Å². The van der Waals surface area contributed by atoms with Gasteiger partial charge in [-0.2, -0.15) is 0 Å². The summed E-state index contributed by atoms with van der Waals surface area (Å²) < 4.78 is 30.6. The maximum absolute atomic E-state index is 12.9. The molecule has 0 N–H and O–H groups in total. The molecule has 17 heavy (non-hydrogen) atoms. The van der Waals surface area contributed by atoms with Crippen LogP contribution in [0.25, 0.3) is 0 Å². The largest absolute Gasteiger partial charge is 0.462 e. The monoisotopic (exact) mass is 242 g/mol. The van der Waals surface area contributed by atoms with Crippen molar-refractivity contribution in [3.05, 3.63) is 35.9 Å². The fourth-order valence-corrected chi connectivity index (χ4v) is 1.33. The zero-order chi connectivity index (χ0) is 12.7. The highest BCUT2D eigenvalue weighted by molar-refractivity contribution is 5.89. The molecule has 4 heteroatoms. The molecule has 0 aliphatic heterocycles. The van der Waals surface area contributed by atoms with Crippen LogP contribution in [0.15, 0.2) is 30.3 Å². The fourth-order valence-electron chi connectivity index (χ4n) is 1.33. The minimum atomic E-state index is -2.65. The topological polar surface area (TPSA) is 26.3 Å². The van der Waals surface area contributed by atoms with Crippen LogP contribution in [-0.4, -0.2) is 18.5 Å². The Morgan fingerprint density at radius 1 is 1.29 bits per heavy atom. The molecule has 0 bridgehead atoms. The third kappa shape index (κ3) is 4.93. The molecule has 0 aliphatic rings. The summed E-state index contributed by atoms with van der Waals surface area (Å²) in [5, 5.41) is 0. The van der Waals surface area contributed by atoms with Gasteiger partial charge in [-0.05, 0) is 18.6 Å². The maximum atomic E-state index is 12.9. The summed E-state index contributed by atoms with van der Waals surface area (Å²) in [6.45, 7) is 1.47. The number of esters is 1. The van der Waals surface area contributed by atoms with Gasteiger partial charge in [-0.3, -0.25) is 0 Å². The molecule has 1 rings (SSSR count). The van der Waals surface area contributed by atoms with Gasteiger partial charge in [0.2, 0.25) is 5.92 Å². The number of carbonyl (C=O) groups is 1. The Kier molecular flexibility index (Phi) is 5.07. The first-order chi connectivity index (χ1) is 8.05. The molecule has 0 unspecified atom stereocenters. The van der Waals surface area contributed by atoms with Gasteiger partial charge in [0, 0.05) is 12.8 Å². The van der Waals surface area contributed by atoms with E-state index in [0.29, 0.717) is 5.56 Å². The summed E-state index contributed by atoms with van der Waals surface area (Å²) in [6, 6.07) is 8.49. The average molecular weight is 242 g/mol. The number of halogens is 2. The van der Waals surface area contributed by atoms with Gasteiger partial charge in [-0.1, -0.05) is 25.1 Å². The predicted molar refractivity (Wildman–Crippen MR) is 61.2 cm³/mol. The van der Waals surface area contributed by atoms with Crippen molar-refractivity contribution in [3.63, 3.8) is 0 Å². The van der Waals surface area contributed by atoms with Crippen LogP contribution in [0.5, 0.6) is 0 Å². The van der Waals surface area contributed by atoms with Gasteiger partial charge in [0.05, 0.1) is 12.2 Å². The van der Waals surface area contributed by atoms with Crippen LogP contribution >= 0.6 is 0 Å². The van der Waals surface area contributed by atoms with Crippen LogP contribution in [0.1, 0.15) is 36.5 Å². The van der Waals surface area contributed by atoms with E-state index in [9.17, 15) is 13.6 Å². The number of rotatable bonds is 6. The molecule has 0 spiro atoms. The number of carbonyl (C=O) groups excluding carboxylic acids is 1. The lowest BCUT2D eigenvalue weighted by atomic mass is 10.1. The van der Waals surface area contributed by atoms with Crippen LogP contribution in [0.2, 0.25) is 0 Å². The number of hydrogen-bond donors (Lipinski definition) is 0. The predicted octanol–water partition coefficient (Wildman–Crippen LogP) is 3.67. The first-order valence-corrected chi connectivity index (χ1v) is 5.65. The summed E-state index contributed by atoms with van der Waals surface area (Å²) in [5.41, 5.74) is 0.440. The Hall–Kier alpha value is -1.45. The third-order valence-electron chi connectivity index (χ3n) is 2.45. The fraction of sp³-hybridized carbons (Fsp3) is 0.462. The standard InChI is InChI=1S/C13H16F2O2/c1-2-13(14,15)9-6-10-17-12(16)11-7-4-3-5-8-11/h3-5,7-8H,2,6,9-10H2,1H3. The minimum absolute atomic E-state index is 0.0311.